The molecule has 3 nitrogen and oxygen atoms in total. The highest BCUT2D eigenvalue weighted by molar-refractivity contribution is 7.71. The molecule has 148 valence electrons. The van der Waals surface area contributed by atoms with E-state index in [0.29, 0.717) is 28.0 Å². The Hall–Kier alpha value is -1.44. The summed E-state index contributed by atoms with van der Waals surface area (Å²) in [5.74, 6) is 1.94. The molecule has 0 bridgehead atoms. The maximum Gasteiger partial charge on any atom is 0.121 e. The largest absolute Gasteiger partial charge is 0.393 e. The minimum atomic E-state index is -0.151. The summed E-state index contributed by atoms with van der Waals surface area (Å²) in [4.78, 5) is 3.33. The minimum Gasteiger partial charge on any atom is -0.393 e. The van der Waals surface area contributed by atoms with Crippen LogP contribution in [-0.2, 0) is 11.8 Å². The lowest BCUT2D eigenvalue weighted by molar-refractivity contribution is -0.0164. The van der Waals surface area contributed by atoms with Crippen LogP contribution in [0.3, 0.4) is 0 Å². The number of aliphatic hydroxyl groups is 1. The fourth-order valence-corrected chi connectivity index (χ4v) is 8.07. The lowest BCUT2D eigenvalue weighted by atomic mass is 9.47. The second-order valence-electron chi connectivity index (χ2n) is 10.2. The molecule has 4 aliphatic rings. The topological polar surface area (TPSA) is 59.8 Å². The molecule has 0 spiro atoms. The van der Waals surface area contributed by atoms with Gasteiger partial charge in [0.2, 0.25) is 0 Å². The van der Waals surface area contributed by atoms with Crippen LogP contribution in [0.5, 0.6) is 0 Å². The molecule has 0 unspecified atom stereocenters. The van der Waals surface area contributed by atoms with Crippen molar-refractivity contribution in [3.8, 4) is 6.07 Å². The maximum absolute atomic E-state index is 10.2. The molecule has 1 aromatic rings. The molecular formula is C24H30N2OS. The molecule has 1 aromatic heterocycles. The van der Waals surface area contributed by atoms with Crippen molar-refractivity contribution in [3.05, 3.63) is 38.7 Å². The molecule has 0 amide bonds. The van der Waals surface area contributed by atoms with Gasteiger partial charge in [0.1, 0.15) is 10.7 Å². The SMILES string of the molecule is Cc1[nH]c(=S)c(C#N)c2c1[C@]1(C)CC[C@@H]3[C@H](CC=C4C[C@@H](O)CC[C@@]43C)[C@H]1C2. The molecule has 1 heterocycles. The third kappa shape index (κ3) is 2.27. The third-order valence-corrected chi connectivity index (χ3v) is 9.39. The van der Waals surface area contributed by atoms with Crippen LogP contribution in [0.25, 0.3) is 0 Å². The number of nitrogens with zero attached hydrogens (tertiary/aromatic N) is 1. The van der Waals surface area contributed by atoms with E-state index in [4.69, 9.17) is 12.2 Å². The molecule has 0 radical (unpaired) electrons. The van der Waals surface area contributed by atoms with Gasteiger partial charge >= 0.3 is 0 Å². The fraction of sp³-hybridized carbons (Fsp3) is 0.667. The zero-order chi connectivity index (χ0) is 19.8. The van der Waals surface area contributed by atoms with Gasteiger partial charge in [0.15, 0.2) is 0 Å². The van der Waals surface area contributed by atoms with Crippen LogP contribution >= 0.6 is 12.2 Å². The van der Waals surface area contributed by atoms with Gasteiger partial charge in [0.05, 0.1) is 11.7 Å². The van der Waals surface area contributed by atoms with Crippen molar-refractivity contribution >= 4 is 12.2 Å². The van der Waals surface area contributed by atoms with E-state index in [9.17, 15) is 10.4 Å². The van der Waals surface area contributed by atoms with E-state index in [1.165, 1.54) is 35.2 Å². The molecule has 2 N–H and O–H groups in total. The number of rotatable bonds is 0. The zero-order valence-corrected chi connectivity index (χ0v) is 18.0. The Morgan fingerprint density at radius 1 is 1.18 bits per heavy atom. The number of hydrogen-bond acceptors (Lipinski definition) is 3. The van der Waals surface area contributed by atoms with Crippen LogP contribution in [-0.4, -0.2) is 16.2 Å². The van der Waals surface area contributed by atoms with Gasteiger partial charge in [-0.2, -0.15) is 5.26 Å². The van der Waals surface area contributed by atoms with Gasteiger partial charge in [-0.25, -0.2) is 0 Å². The molecule has 4 heteroatoms. The summed E-state index contributed by atoms with van der Waals surface area (Å²) in [5, 5.41) is 20.0. The van der Waals surface area contributed by atoms with Crippen LogP contribution in [0.4, 0.5) is 0 Å². The van der Waals surface area contributed by atoms with Crippen molar-refractivity contribution in [3.63, 3.8) is 0 Å². The summed E-state index contributed by atoms with van der Waals surface area (Å²) < 4.78 is 0.608. The van der Waals surface area contributed by atoms with Gasteiger partial charge in [0.25, 0.3) is 0 Å². The van der Waals surface area contributed by atoms with Gasteiger partial charge in [-0.1, -0.05) is 37.7 Å². The van der Waals surface area contributed by atoms with Gasteiger partial charge in [-0.05, 0) is 91.6 Å². The van der Waals surface area contributed by atoms with Crippen molar-refractivity contribution in [2.75, 3.05) is 0 Å². The summed E-state index contributed by atoms with van der Waals surface area (Å²) in [5.41, 5.74) is 6.41. The lowest BCUT2D eigenvalue weighted by Crippen LogP contribution is -2.51. The Kier molecular flexibility index (Phi) is 4.00. The van der Waals surface area contributed by atoms with E-state index >= 15 is 0 Å². The number of aliphatic hydroxyl groups excluding tert-OH is 1. The first-order valence-corrected chi connectivity index (χ1v) is 11.2. The Morgan fingerprint density at radius 2 is 1.93 bits per heavy atom. The highest BCUT2D eigenvalue weighted by Gasteiger charge is 2.58. The number of nitrogens with one attached hydrogen (secondary N) is 1. The van der Waals surface area contributed by atoms with E-state index in [1.807, 2.05) is 0 Å². The van der Waals surface area contributed by atoms with E-state index in [2.05, 4.69) is 37.9 Å². The van der Waals surface area contributed by atoms with Gasteiger partial charge in [-0.15, -0.1) is 0 Å². The van der Waals surface area contributed by atoms with E-state index < -0.39 is 0 Å². The molecule has 0 aromatic carbocycles. The summed E-state index contributed by atoms with van der Waals surface area (Å²) in [6.07, 6.45) is 9.80. The molecule has 28 heavy (non-hydrogen) atoms. The Labute approximate surface area is 172 Å². The van der Waals surface area contributed by atoms with Crippen molar-refractivity contribution < 1.29 is 5.11 Å². The van der Waals surface area contributed by atoms with Gasteiger partial charge < -0.3 is 10.1 Å². The van der Waals surface area contributed by atoms with E-state index in [0.717, 1.165) is 32.1 Å². The lowest BCUT2D eigenvalue weighted by Gasteiger charge is -2.57. The number of fused-ring (bicyclic) bond motifs is 7. The average Bonchev–Trinajstić information content (AvgIpc) is 2.96. The van der Waals surface area contributed by atoms with Crippen LogP contribution in [0.2, 0.25) is 0 Å². The first kappa shape index (κ1) is 18.6. The van der Waals surface area contributed by atoms with E-state index in [-0.39, 0.29) is 16.9 Å². The molecule has 4 aliphatic carbocycles. The number of aromatic amines is 1. The summed E-state index contributed by atoms with van der Waals surface area (Å²) in [6, 6.07) is 2.40. The van der Waals surface area contributed by atoms with Crippen molar-refractivity contribution in [2.24, 2.45) is 23.2 Å². The number of hydrogen-bond donors (Lipinski definition) is 2. The summed E-state index contributed by atoms with van der Waals surface area (Å²) >= 11 is 5.49. The number of aryl methyl sites for hydroxylation is 1. The highest BCUT2D eigenvalue weighted by Crippen LogP contribution is 2.64. The predicted molar refractivity (Wildman–Crippen MR) is 113 cm³/mol. The first-order valence-electron chi connectivity index (χ1n) is 10.8. The second-order valence-corrected chi connectivity index (χ2v) is 10.6. The van der Waals surface area contributed by atoms with Crippen LogP contribution in [0.1, 0.15) is 74.8 Å². The number of allylic oxidation sites excluding steroid dienone is 1. The quantitative estimate of drug-likeness (QED) is 0.466. The van der Waals surface area contributed by atoms with Crippen LogP contribution in [0, 0.1) is 46.1 Å². The smallest absolute Gasteiger partial charge is 0.121 e. The average molecular weight is 395 g/mol. The fourth-order valence-electron chi connectivity index (χ4n) is 7.75. The minimum absolute atomic E-state index is 0.140. The molecule has 6 atom stereocenters. The number of H-pyrrole nitrogens is 1. The molecule has 0 saturated heterocycles. The number of nitriles is 1. The third-order valence-electron chi connectivity index (χ3n) is 9.08. The van der Waals surface area contributed by atoms with E-state index in [1.54, 1.807) is 0 Å². The summed E-state index contributed by atoms with van der Waals surface area (Å²) in [7, 11) is 0. The highest BCUT2D eigenvalue weighted by atomic mass is 32.1. The normalized spacial score (nSPS) is 41.2. The standard InChI is InChI=1S/C24H30N2OS/c1-13-21-17(18(12-25)22(28)26-13)11-20-16-5-4-14-10-15(27)6-8-23(14,2)19(16)7-9-24(20,21)3/h4,15-16,19-20,27H,5-11H2,1-3H3,(H,26,28)/t15-,16-,19+,20+,23-,24+/m0/s1. The Morgan fingerprint density at radius 3 is 2.68 bits per heavy atom. The monoisotopic (exact) mass is 394 g/mol. The molecule has 2 saturated carbocycles. The maximum atomic E-state index is 10.2. The second kappa shape index (κ2) is 6.03. The molecule has 2 fully saturated rings. The number of pyridine rings is 1. The van der Waals surface area contributed by atoms with Crippen molar-refractivity contribution in [1.29, 1.82) is 5.26 Å². The zero-order valence-electron chi connectivity index (χ0n) is 17.1. The molecular weight excluding hydrogens is 364 g/mol. The Bertz CT molecular complexity index is 986. The Balaban J connectivity index is 1.60. The molecule has 5 rings (SSSR count). The van der Waals surface area contributed by atoms with Crippen molar-refractivity contribution in [2.45, 2.75) is 77.2 Å². The van der Waals surface area contributed by atoms with Crippen LogP contribution < -0.4 is 0 Å². The van der Waals surface area contributed by atoms with Crippen LogP contribution in [0.15, 0.2) is 11.6 Å². The van der Waals surface area contributed by atoms with Gasteiger partial charge in [-0.3, -0.25) is 0 Å². The predicted octanol–water partition coefficient (Wildman–Crippen LogP) is 5.26. The van der Waals surface area contributed by atoms with Crippen molar-refractivity contribution in [1.82, 2.24) is 4.98 Å². The first-order chi connectivity index (χ1) is 13.3. The van der Waals surface area contributed by atoms with Gasteiger partial charge in [0, 0.05) is 5.69 Å². The molecule has 0 aliphatic heterocycles. The summed E-state index contributed by atoms with van der Waals surface area (Å²) in [6.45, 7) is 7.04. The number of aromatic nitrogens is 1.